The Kier molecular flexibility index (Phi) is 9.94. The molecule has 2 rings (SSSR count). The van der Waals surface area contributed by atoms with Crippen LogP contribution in [0.2, 0.25) is 0 Å². The van der Waals surface area contributed by atoms with E-state index >= 15 is 0 Å². The summed E-state index contributed by atoms with van der Waals surface area (Å²) in [5.41, 5.74) is 4.00. The molecule has 0 unspecified atom stereocenters. The van der Waals surface area contributed by atoms with Crippen molar-refractivity contribution in [3.63, 3.8) is 0 Å². The van der Waals surface area contributed by atoms with Crippen LogP contribution in [0.15, 0.2) is 48.5 Å². The van der Waals surface area contributed by atoms with Gasteiger partial charge in [0.2, 0.25) is 0 Å². The molecule has 0 aliphatic heterocycles. The summed E-state index contributed by atoms with van der Waals surface area (Å²) in [5, 5.41) is 0. The maximum Gasteiger partial charge on any atom is 0.119 e. The molecule has 0 atom stereocenters. The van der Waals surface area contributed by atoms with Crippen molar-refractivity contribution in [2.75, 3.05) is 6.61 Å². The van der Waals surface area contributed by atoms with Crippen LogP contribution in [0.25, 0.3) is 11.1 Å². The predicted octanol–water partition coefficient (Wildman–Crippen LogP) is 7.83. The Bertz CT molecular complexity index is 527. The van der Waals surface area contributed by atoms with E-state index in [0.717, 1.165) is 18.8 Å². The van der Waals surface area contributed by atoms with Gasteiger partial charge in [0.05, 0.1) is 6.61 Å². The molecule has 0 amide bonds. The van der Waals surface area contributed by atoms with Crippen molar-refractivity contribution in [2.24, 2.45) is 0 Å². The van der Waals surface area contributed by atoms with Crippen LogP contribution in [-0.4, -0.2) is 6.61 Å². The van der Waals surface area contributed by atoms with Crippen molar-refractivity contribution in [3.05, 3.63) is 54.1 Å². The van der Waals surface area contributed by atoms with Crippen molar-refractivity contribution in [1.29, 1.82) is 0 Å². The molecule has 0 N–H and O–H groups in total. The number of aryl methyl sites for hydroxylation is 1. The molecule has 0 aliphatic rings. The first-order valence-electron chi connectivity index (χ1n) is 10.7. The zero-order valence-corrected chi connectivity index (χ0v) is 16.8. The SMILES string of the molecule is CCCCCCCc1ccc(-c2ccc(OCCCCCC)cc2)cc1. The summed E-state index contributed by atoms with van der Waals surface area (Å²) in [6.45, 7) is 5.33. The van der Waals surface area contributed by atoms with Crippen molar-refractivity contribution in [1.82, 2.24) is 0 Å². The van der Waals surface area contributed by atoms with Gasteiger partial charge < -0.3 is 4.74 Å². The molecule has 0 aromatic heterocycles. The van der Waals surface area contributed by atoms with Gasteiger partial charge >= 0.3 is 0 Å². The summed E-state index contributed by atoms with van der Waals surface area (Å²) in [4.78, 5) is 0. The number of benzene rings is 2. The van der Waals surface area contributed by atoms with E-state index < -0.39 is 0 Å². The molecule has 0 saturated heterocycles. The molecule has 0 heterocycles. The lowest BCUT2D eigenvalue weighted by Gasteiger charge is -2.08. The maximum atomic E-state index is 5.83. The molecule has 0 spiro atoms. The van der Waals surface area contributed by atoms with Crippen LogP contribution in [0.4, 0.5) is 0 Å². The van der Waals surface area contributed by atoms with E-state index in [9.17, 15) is 0 Å². The largest absolute Gasteiger partial charge is 0.494 e. The first-order chi connectivity index (χ1) is 12.8. The molecule has 2 aromatic carbocycles. The molecule has 1 nitrogen and oxygen atoms in total. The van der Waals surface area contributed by atoms with E-state index in [1.165, 1.54) is 74.5 Å². The highest BCUT2D eigenvalue weighted by Crippen LogP contribution is 2.23. The average molecular weight is 353 g/mol. The van der Waals surface area contributed by atoms with Crippen molar-refractivity contribution >= 4 is 0 Å². The van der Waals surface area contributed by atoms with Crippen molar-refractivity contribution < 1.29 is 4.74 Å². The normalized spacial score (nSPS) is 10.8. The van der Waals surface area contributed by atoms with E-state index in [0.29, 0.717) is 0 Å². The highest BCUT2D eigenvalue weighted by Gasteiger charge is 2.00. The minimum atomic E-state index is 0.826. The monoisotopic (exact) mass is 352 g/mol. The van der Waals surface area contributed by atoms with E-state index in [4.69, 9.17) is 4.74 Å². The van der Waals surface area contributed by atoms with Gasteiger partial charge in [0.25, 0.3) is 0 Å². The van der Waals surface area contributed by atoms with Crippen LogP contribution in [0.1, 0.15) is 77.2 Å². The smallest absolute Gasteiger partial charge is 0.119 e. The Labute approximate surface area is 160 Å². The molecule has 142 valence electrons. The van der Waals surface area contributed by atoms with E-state index in [1.807, 2.05) is 0 Å². The van der Waals surface area contributed by atoms with Gasteiger partial charge in [-0.3, -0.25) is 0 Å². The molecule has 1 heteroatoms. The fourth-order valence-electron chi connectivity index (χ4n) is 3.26. The summed E-state index contributed by atoms with van der Waals surface area (Å²) in [7, 11) is 0. The molecule has 2 aromatic rings. The predicted molar refractivity (Wildman–Crippen MR) is 114 cm³/mol. The van der Waals surface area contributed by atoms with Gasteiger partial charge in [0.15, 0.2) is 0 Å². The number of ether oxygens (including phenoxy) is 1. The van der Waals surface area contributed by atoms with Crippen molar-refractivity contribution in [3.8, 4) is 16.9 Å². The lowest BCUT2D eigenvalue weighted by molar-refractivity contribution is 0.305. The molecular formula is C25H36O. The van der Waals surface area contributed by atoms with Crippen LogP contribution >= 0.6 is 0 Å². The summed E-state index contributed by atoms with van der Waals surface area (Å²) < 4.78 is 5.83. The van der Waals surface area contributed by atoms with Gasteiger partial charge in [-0.05, 0) is 48.1 Å². The van der Waals surface area contributed by atoms with Crippen LogP contribution < -0.4 is 4.74 Å². The van der Waals surface area contributed by atoms with Gasteiger partial charge in [-0.1, -0.05) is 95.2 Å². The summed E-state index contributed by atoms with van der Waals surface area (Å²) in [6.07, 6.45) is 12.9. The van der Waals surface area contributed by atoms with Gasteiger partial charge in [-0.15, -0.1) is 0 Å². The first-order valence-corrected chi connectivity index (χ1v) is 10.7. The first kappa shape index (κ1) is 20.6. The van der Waals surface area contributed by atoms with Gasteiger partial charge in [-0.25, -0.2) is 0 Å². The minimum Gasteiger partial charge on any atom is -0.494 e. The van der Waals surface area contributed by atoms with Crippen LogP contribution in [0.3, 0.4) is 0 Å². The Morgan fingerprint density at radius 1 is 0.577 bits per heavy atom. The number of unbranched alkanes of at least 4 members (excludes halogenated alkanes) is 7. The fraction of sp³-hybridized carbons (Fsp3) is 0.520. The Morgan fingerprint density at radius 2 is 1.12 bits per heavy atom. The quantitative estimate of drug-likeness (QED) is 0.334. The fourth-order valence-corrected chi connectivity index (χ4v) is 3.26. The second-order valence-electron chi connectivity index (χ2n) is 7.29. The molecule has 0 radical (unpaired) electrons. The molecule has 0 fully saturated rings. The highest BCUT2D eigenvalue weighted by atomic mass is 16.5. The zero-order chi connectivity index (χ0) is 18.5. The third kappa shape index (κ3) is 7.64. The topological polar surface area (TPSA) is 9.23 Å². The van der Waals surface area contributed by atoms with Gasteiger partial charge in [0.1, 0.15) is 5.75 Å². The number of hydrogen-bond acceptors (Lipinski definition) is 1. The Morgan fingerprint density at radius 3 is 1.73 bits per heavy atom. The third-order valence-electron chi connectivity index (χ3n) is 4.98. The molecular weight excluding hydrogens is 316 g/mol. The number of hydrogen-bond donors (Lipinski definition) is 0. The Balaban J connectivity index is 1.77. The number of rotatable bonds is 13. The molecule has 0 saturated carbocycles. The zero-order valence-electron chi connectivity index (χ0n) is 16.8. The highest BCUT2D eigenvalue weighted by molar-refractivity contribution is 5.64. The third-order valence-corrected chi connectivity index (χ3v) is 4.98. The van der Waals surface area contributed by atoms with Crippen LogP contribution in [0.5, 0.6) is 5.75 Å². The summed E-state index contributed by atoms with van der Waals surface area (Å²) >= 11 is 0. The lowest BCUT2D eigenvalue weighted by Crippen LogP contribution is -1.96. The van der Waals surface area contributed by atoms with E-state index in [2.05, 4.69) is 62.4 Å². The summed E-state index contributed by atoms with van der Waals surface area (Å²) in [6, 6.07) is 17.6. The van der Waals surface area contributed by atoms with Gasteiger partial charge in [-0.2, -0.15) is 0 Å². The molecule has 0 aliphatic carbocycles. The van der Waals surface area contributed by atoms with Crippen molar-refractivity contribution in [2.45, 2.75) is 78.1 Å². The van der Waals surface area contributed by atoms with E-state index in [1.54, 1.807) is 0 Å². The average Bonchev–Trinajstić information content (AvgIpc) is 2.69. The van der Waals surface area contributed by atoms with Crippen LogP contribution in [0, 0.1) is 0 Å². The Hall–Kier alpha value is -1.76. The molecule has 0 bridgehead atoms. The summed E-state index contributed by atoms with van der Waals surface area (Å²) in [5.74, 6) is 0.981. The lowest BCUT2D eigenvalue weighted by atomic mass is 10.0. The standard InChI is InChI=1S/C25H36O/c1-3-5-7-9-10-12-22-13-15-23(16-14-22)24-17-19-25(20-18-24)26-21-11-8-6-4-2/h13-20H,3-12,21H2,1-2H3. The minimum absolute atomic E-state index is 0.826. The maximum absolute atomic E-state index is 5.83. The molecule has 26 heavy (non-hydrogen) atoms. The van der Waals surface area contributed by atoms with E-state index in [-0.39, 0.29) is 0 Å². The second kappa shape index (κ2) is 12.6. The second-order valence-corrected chi connectivity index (χ2v) is 7.29. The van der Waals surface area contributed by atoms with Crippen LogP contribution in [-0.2, 0) is 6.42 Å². The van der Waals surface area contributed by atoms with Gasteiger partial charge in [0, 0.05) is 0 Å².